The average molecular weight is 499 g/mol. The van der Waals surface area contributed by atoms with E-state index < -0.39 is 0 Å². The second-order valence-corrected chi connectivity index (χ2v) is 9.27. The quantitative estimate of drug-likeness (QED) is 0.288. The Morgan fingerprint density at radius 1 is 0.763 bits per heavy atom. The topological polar surface area (TPSA) is 57.8 Å². The first-order chi connectivity index (χ1) is 18.7. The molecule has 0 aliphatic carbocycles. The van der Waals surface area contributed by atoms with Gasteiger partial charge in [-0.2, -0.15) is 5.10 Å². The maximum absolute atomic E-state index is 13.6. The van der Waals surface area contributed by atoms with Gasteiger partial charge in [-0.15, -0.1) is 0 Å². The number of para-hydroxylation sites is 3. The van der Waals surface area contributed by atoms with E-state index in [-0.39, 0.29) is 11.9 Å². The first-order valence-electron chi connectivity index (χ1n) is 12.5. The Morgan fingerprint density at radius 2 is 1.45 bits per heavy atom. The number of nitrogens with one attached hydrogen (secondary N) is 1. The molecule has 0 fully saturated rings. The molecule has 7 rings (SSSR count). The second kappa shape index (κ2) is 8.81. The lowest BCUT2D eigenvalue weighted by atomic mass is 9.93. The fourth-order valence-electron chi connectivity index (χ4n) is 5.17. The number of rotatable bonds is 3. The van der Waals surface area contributed by atoms with Gasteiger partial charge in [0.2, 0.25) is 0 Å². The highest BCUT2D eigenvalue weighted by molar-refractivity contribution is 6.51. The molecule has 0 radical (unpaired) electrons. The first kappa shape index (κ1) is 22.2. The fourth-order valence-corrected chi connectivity index (χ4v) is 5.17. The van der Waals surface area contributed by atoms with Gasteiger partial charge in [-0.25, -0.2) is 19.1 Å². The Hall–Kier alpha value is -5.04. The van der Waals surface area contributed by atoms with Crippen LogP contribution in [-0.2, 0) is 0 Å². The van der Waals surface area contributed by atoms with Crippen molar-refractivity contribution in [2.45, 2.75) is 13.0 Å². The number of anilines is 2. The smallest absolute Gasteiger partial charge is 0.179 e. The van der Waals surface area contributed by atoms with E-state index in [1.807, 2.05) is 66.2 Å². The molecule has 1 atom stereocenters. The highest BCUT2D eigenvalue weighted by atomic mass is 19.1. The molecular weight excluding hydrogens is 475 g/mol. The van der Waals surface area contributed by atoms with Crippen molar-refractivity contribution in [3.8, 4) is 5.69 Å². The summed E-state index contributed by atoms with van der Waals surface area (Å²) in [7, 11) is 0. The lowest BCUT2D eigenvalue weighted by Gasteiger charge is -2.40. The van der Waals surface area contributed by atoms with Crippen LogP contribution in [0.1, 0.15) is 22.9 Å². The Balaban J connectivity index is 1.49. The Morgan fingerprint density at radius 3 is 2.21 bits per heavy atom. The monoisotopic (exact) mass is 498 g/mol. The normalized spacial score (nSPS) is 15.6. The van der Waals surface area contributed by atoms with Gasteiger partial charge in [-0.3, -0.25) is 0 Å². The van der Waals surface area contributed by atoms with Crippen LogP contribution in [0.2, 0.25) is 0 Å². The van der Waals surface area contributed by atoms with Crippen molar-refractivity contribution >= 4 is 34.6 Å². The molecule has 38 heavy (non-hydrogen) atoms. The van der Waals surface area contributed by atoms with Crippen LogP contribution in [0.4, 0.5) is 27.3 Å². The SMILES string of the molecule is Cc1nn(-c2ccccc2)c2c1[C@H](c1ccccc1)N1C(=N2)C(Nc2ccc(F)cc2)=Nc2ccccc21. The third-order valence-electron chi connectivity index (χ3n) is 6.86. The van der Waals surface area contributed by atoms with Gasteiger partial charge >= 0.3 is 0 Å². The lowest BCUT2D eigenvalue weighted by molar-refractivity contribution is 0.628. The molecule has 0 unspecified atom stereocenters. The molecule has 5 aromatic rings. The Labute approximate surface area is 219 Å². The van der Waals surface area contributed by atoms with Gasteiger partial charge in [0.25, 0.3) is 0 Å². The molecular formula is C31H23FN6. The van der Waals surface area contributed by atoms with Crippen molar-refractivity contribution in [2.24, 2.45) is 9.98 Å². The average Bonchev–Trinajstić information content (AvgIpc) is 3.30. The van der Waals surface area contributed by atoms with Gasteiger partial charge in [0, 0.05) is 11.3 Å². The number of halogens is 1. The van der Waals surface area contributed by atoms with E-state index in [0.717, 1.165) is 45.4 Å². The second-order valence-electron chi connectivity index (χ2n) is 9.27. The summed E-state index contributed by atoms with van der Waals surface area (Å²) in [5.74, 6) is 1.73. The number of nitrogens with zero attached hydrogens (tertiary/aromatic N) is 5. The Kier molecular flexibility index (Phi) is 5.14. The number of hydrogen-bond donors (Lipinski definition) is 1. The van der Waals surface area contributed by atoms with Crippen molar-refractivity contribution in [1.82, 2.24) is 9.78 Å². The number of aliphatic imine (C=N–C) groups is 2. The highest BCUT2D eigenvalue weighted by Gasteiger charge is 2.41. The van der Waals surface area contributed by atoms with Crippen LogP contribution in [0.15, 0.2) is 119 Å². The fraction of sp³-hybridized carbons (Fsp3) is 0.0645. The molecule has 0 amide bonds. The van der Waals surface area contributed by atoms with Crippen molar-refractivity contribution in [1.29, 1.82) is 0 Å². The molecule has 4 aromatic carbocycles. The van der Waals surface area contributed by atoms with Crippen LogP contribution >= 0.6 is 0 Å². The van der Waals surface area contributed by atoms with Crippen LogP contribution in [0.25, 0.3) is 5.69 Å². The molecule has 0 bridgehead atoms. The van der Waals surface area contributed by atoms with Crippen LogP contribution in [0.5, 0.6) is 0 Å². The summed E-state index contributed by atoms with van der Waals surface area (Å²) in [6.45, 7) is 2.04. The maximum atomic E-state index is 13.6. The van der Waals surface area contributed by atoms with E-state index >= 15 is 0 Å². The van der Waals surface area contributed by atoms with E-state index in [9.17, 15) is 4.39 Å². The Bertz CT molecular complexity index is 1710. The van der Waals surface area contributed by atoms with Gasteiger partial charge in [0.1, 0.15) is 5.82 Å². The third-order valence-corrected chi connectivity index (χ3v) is 6.86. The molecule has 2 aliphatic heterocycles. The minimum atomic E-state index is -0.292. The van der Waals surface area contributed by atoms with Crippen LogP contribution in [0.3, 0.4) is 0 Å². The molecule has 0 spiro atoms. The number of benzene rings is 4. The number of fused-ring (bicyclic) bond motifs is 4. The predicted molar refractivity (Wildman–Crippen MR) is 150 cm³/mol. The molecule has 0 saturated heterocycles. The van der Waals surface area contributed by atoms with Crippen molar-refractivity contribution < 1.29 is 4.39 Å². The van der Waals surface area contributed by atoms with Crippen molar-refractivity contribution in [3.63, 3.8) is 0 Å². The summed E-state index contributed by atoms with van der Waals surface area (Å²) in [6, 6.07) is 34.6. The molecule has 0 saturated carbocycles. The van der Waals surface area contributed by atoms with Gasteiger partial charge < -0.3 is 10.2 Å². The molecule has 7 heteroatoms. The highest BCUT2D eigenvalue weighted by Crippen LogP contribution is 2.48. The maximum Gasteiger partial charge on any atom is 0.179 e. The lowest BCUT2D eigenvalue weighted by Crippen LogP contribution is -2.46. The molecule has 3 heterocycles. The van der Waals surface area contributed by atoms with Crippen molar-refractivity contribution in [2.75, 3.05) is 10.2 Å². The van der Waals surface area contributed by atoms with E-state index in [1.54, 1.807) is 12.1 Å². The number of amidine groups is 2. The van der Waals surface area contributed by atoms with Gasteiger partial charge in [0.05, 0.1) is 28.8 Å². The number of aryl methyl sites for hydroxylation is 1. The summed E-state index contributed by atoms with van der Waals surface area (Å²) >= 11 is 0. The zero-order valence-corrected chi connectivity index (χ0v) is 20.6. The van der Waals surface area contributed by atoms with E-state index in [1.165, 1.54) is 12.1 Å². The summed E-state index contributed by atoms with van der Waals surface area (Å²) in [5, 5.41) is 8.35. The third kappa shape index (κ3) is 3.59. The molecule has 6 nitrogen and oxygen atoms in total. The van der Waals surface area contributed by atoms with Crippen LogP contribution < -0.4 is 10.2 Å². The molecule has 1 aromatic heterocycles. The van der Waals surface area contributed by atoms with Gasteiger partial charge in [0.15, 0.2) is 17.5 Å². The summed E-state index contributed by atoms with van der Waals surface area (Å²) in [6.07, 6.45) is 0. The van der Waals surface area contributed by atoms with Crippen LogP contribution in [-0.4, -0.2) is 21.5 Å². The summed E-state index contributed by atoms with van der Waals surface area (Å²) in [4.78, 5) is 12.4. The summed E-state index contributed by atoms with van der Waals surface area (Å²) < 4.78 is 15.5. The zero-order chi connectivity index (χ0) is 25.6. The summed E-state index contributed by atoms with van der Waals surface area (Å²) in [5.41, 5.74) is 6.52. The molecule has 184 valence electrons. The van der Waals surface area contributed by atoms with E-state index in [0.29, 0.717) is 11.7 Å². The van der Waals surface area contributed by atoms with Crippen LogP contribution in [0, 0.1) is 12.7 Å². The largest absolute Gasteiger partial charge is 0.337 e. The minimum absolute atomic E-state index is 0.183. The number of aromatic nitrogens is 2. The predicted octanol–water partition coefficient (Wildman–Crippen LogP) is 7.12. The zero-order valence-electron chi connectivity index (χ0n) is 20.6. The standard InChI is InChI=1S/C31H23FN6/c1-20-27-28(21-10-4-2-5-11-21)37-26-15-9-8-14-25(26)34-29(33-23-18-16-22(32)17-19-23)31(37)35-30(27)38(36-20)24-12-6-3-7-13-24/h2-19,28H,1H3,(H,33,34)/t28-/m0/s1. The van der Waals surface area contributed by atoms with E-state index in [2.05, 4.69) is 40.5 Å². The van der Waals surface area contributed by atoms with E-state index in [4.69, 9.17) is 15.1 Å². The number of hydrogen-bond acceptors (Lipinski definition) is 5. The van der Waals surface area contributed by atoms with Gasteiger partial charge in [-0.05, 0) is 61.0 Å². The van der Waals surface area contributed by atoms with Gasteiger partial charge in [-0.1, -0.05) is 60.7 Å². The first-order valence-corrected chi connectivity index (χ1v) is 12.5. The van der Waals surface area contributed by atoms with Crippen molar-refractivity contribution in [3.05, 3.63) is 132 Å². The molecule has 1 N–H and O–H groups in total. The molecule has 2 aliphatic rings. The minimum Gasteiger partial charge on any atom is -0.337 e.